The Bertz CT molecular complexity index is 1030. The lowest BCUT2D eigenvalue weighted by Gasteiger charge is -2.31. The highest BCUT2D eigenvalue weighted by Crippen LogP contribution is 2.28. The van der Waals surface area contributed by atoms with Crippen LogP contribution in [0.25, 0.3) is 0 Å². The van der Waals surface area contributed by atoms with Crippen molar-refractivity contribution >= 4 is 68.0 Å². The number of amides is 1. The number of hydrogen-bond donors (Lipinski definition) is 1. The molecule has 156 valence electrons. The Labute approximate surface area is 189 Å². The number of nitrogens with one attached hydrogen (secondary N) is 1. The lowest BCUT2D eigenvalue weighted by molar-refractivity contribution is -0.120. The van der Waals surface area contributed by atoms with Crippen molar-refractivity contribution in [3.05, 3.63) is 62.1 Å². The number of hydrogen-bond acceptors (Lipinski definition) is 3. The summed E-state index contributed by atoms with van der Waals surface area (Å²) in [5, 5.41) is 4.23. The van der Waals surface area contributed by atoms with Crippen LogP contribution in [0.15, 0.2) is 36.4 Å². The van der Waals surface area contributed by atoms with Gasteiger partial charge in [-0.2, -0.15) is 0 Å². The number of carbonyl (C=O) groups excluding carboxylic acids is 1. The summed E-state index contributed by atoms with van der Waals surface area (Å²) in [6.07, 6.45) is 1.19. The average Bonchev–Trinajstić information content (AvgIpc) is 2.67. The summed E-state index contributed by atoms with van der Waals surface area (Å²) in [5.74, 6) is -0.967. The van der Waals surface area contributed by atoms with Crippen LogP contribution in [-0.2, 0) is 20.6 Å². The second-order valence-electron chi connectivity index (χ2n) is 6.81. The smallest absolute Gasteiger partial charge is 0.228 e. The Hall–Kier alpha value is -1.02. The molecule has 29 heavy (non-hydrogen) atoms. The van der Waals surface area contributed by atoms with Gasteiger partial charge in [-0.15, -0.1) is 0 Å². The minimum absolute atomic E-state index is 0.112. The van der Waals surface area contributed by atoms with Gasteiger partial charge in [-0.05, 0) is 48.7 Å². The van der Waals surface area contributed by atoms with E-state index in [2.05, 4.69) is 5.32 Å². The molecule has 2 aromatic carbocycles. The van der Waals surface area contributed by atoms with E-state index in [1.54, 1.807) is 30.3 Å². The molecule has 1 unspecified atom stereocenters. The van der Waals surface area contributed by atoms with Gasteiger partial charge in [0, 0.05) is 28.8 Å². The normalized spacial score (nSPS) is 17.9. The van der Waals surface area contributed by atoms with Crippen molar-refractivity contribution in [2.75, 3.05) is 18.4 Å². The van der Waals surface area contributed by atoms with E-state index in [4.69, 9.17) is 46.4 Å². The lowest BCUT2D eigenvalue weighted by Crippen LogP contribution is -2.44. The Balaban J connectivity index is 1.68. The summed E-state index contributed by atoms with van der Waals surface area (Å²) in [5.41, 5.74) is 0.982. The second kappa shape index (κ2) is 9.41. The minimum atomic E-state index is -3.64. The number of piperidine rings is 1. The predicted octanol–water partition coefficient (Wildman–Crippen LogP) is 5.48. The minimum Gasteiger partial charge on any atom is -0.326 e. The molecule has 0 spiro atoms. The SMILES string of the molecule is O=C(Nc1ccc(Cl)c(Cl)c1)C1CCCN(S(=O)(=O)Cc2ccc(Cl)cc2Cl)C1. The van der Waals surface area contributed by atoms with E-state index in [0.717, 1.165) is 0 Å². The molecule has 1 saturated heterocycles. The van der Waals surface area contributed by atoms with Gasteiger partial charge in [0.15, 0.2) is 0 Å². The highest BCUT2D eigenvalue weighted by atomic mass is 35.5. The first-order valence-corrected chi connectivity index (χ1v) is 12.0. The van der Waals surface area contributed by atoms with Crippen LogP contribution in [0.1, 0.15) is 18.4 Å². The van der Waals surface area contributed by atoms with E-state index in [-0.39, 0.29) is 18.2 Å². The van der Waals surface area contributed by atoms with Crippen LogP contribution in [0, 0.1) is 5.92 Å². The Morgan fingerprint density at radius 1 is 1.03 bits per heavy atom. The fourth-order valence-electron chi connectivity index (χ4n) is 3.15. The van der Waals surface area contributed by atoms with E-state index in [1.807, 2.05) is 0 Å². The molecule has 1 atom stereocenters. The van der Waals surface area contributed by atoms with E-state index >= 15 is 0 Å². The predicted molar refractivity (Wildman–Crippen MR) is 118 cm³/mol. The molecule has 0 saturated carbocycles. The van der Waals surface area contributed by atoms with E-state index in [0.29, 0.717) is 50.7 Å². The molecule has 5 nitrogen and oxygen atoms in total. The van der Waals surface area contributed by atoms with Crippen molar-refractivity contribution in [3.8, 4) is 0 Å². The molecule has 1 N–H and O–H groups in total. The Morgan fingerprint density at radius 3 is 2.48 bits per heavy atom. The number of carbonyl (C=O) groups is 1. The molecule has 1 amide bonds. The molecule has 10 heteroatoms. The van der Waals surface area contributed by atoms with E-state index in [1.165, 1.54) is 10.4 Å². The van der Waals surface area contributed by atoms with Crippen molar-refractivity contribution in [1.29, 1.82) is 0 Å². The van der Waals surface area contributed by atoms with Crippen molar-refractivity contribution in [2.24, 2.45) is 5.92 Å². The third kappa shape index (κ3) is 5.78. The number of nitrogens with zero attached hydrogens (tertiary/aromatic N) is 1. The number of anilines is 1. The van der Waals surface area contributed by atoms with Crippen LogP contribution in [-0.4, -0.2) is 31.7 Å². The fraction of sp³-hybridized carbons (Fsp3) is 0.316. The summed E-state index contributed by atoms with van der Waals surface area (Å²) in [6, 6.07) is 9.50. The maximum Gasteiger partial charge on any atom is 0.228 e. The molecule has 0 aromatic heterocycles. The van der Waals surface area contributed by atoms with Gasteiger partial charge in [-0.1, -0.05) is 52.5 Å². The zero-order valence-electron chi connectivity index (χ0n) is 15.2. The van der Waals surface area contributed by atoms with Gasteiger partial charge in [-0.25, -0.2) is 12.7 Å². The maximum atomic E-state index is 12.9. The summed E-state index contributed by atoms with van der Waals surface area (Å²) in [4.78, 5) is 12.6. The number of halogens is 4. The van der Waals surface area contributed by atoms with Crippen LogP contribution in [0.2, 0.25) is 20.1 Å². The summed E-state index contributed by atoms with van der Waals surface area (Å²) >= 11 is 23.8. The van der Waals surface area contributed by atoms with Crippen molar-refractivity contribution in [1.82, 2.24) is 4.31 Å². The first kappa shape index (κ1) is 22.7. The highest BCUT2D eigenvalue weighted by Gasteiger charge is 2.32. The largest absolute Gasteiger partial charge is 0.326 e. The van der Waals surface area contributed by atoms with E-state index in [9.17, 15) is 13.2 Å². The zero-order chi connectivity index (χ0) is 21.2. The van der Waals surface area contributed by atoms with Crippen LogP contribution < -0.4 is 5.32 Å². The summed E-state index contributed by atoms with van der Waals surface area (Å²) < 4.78 is 27.1. The van der Waals surface area contributed by atoms with Crippen LogP contribution in [0.5, 0.6) is 0 Å². The van der Waals surface area contributed by atoms with Crippen molar-refractivity contribution < 1.29 is 13.2 Å². The van der Waals surface area contributed by atoms with Gasteiger partial charge < -0.3 is 5.32 Å². The van der Waals surface area contributed by atoms with Crippen molar-refractivity contribution in [3.63, 3.8) is 0 Å². The fourth-order valence-corrected chi connectivity index (χ4v) is 5.65. The third-order valence-electron chi connectivity index (χ3n) is 4.69. The van der Waals surface area contributed by atoms with Gasteiger partial charge >= 0.3 is 0 Å². The topological polar surface area (TPSA) is 66.5 Å². The zero-order valence-corrected chi connectivity index (χ0v) is 19.0. The number of benzene rings is 2. The Morgan fingerprint density at radius 2 is 1.79 bits per heavy atom. The molecular formula is C19H18Cl4N2O3S. The molecule has 3 rings (SSSR count). The van der Waals surface area contributed by atoms with Crippen LogP contribution in [0.4, 0.5) is 5.69 Å². The highest BCUT2D eigenvalue weighted by molar-refractivity contribution is 7.88. The molecule has 0 aliphatic carbocycles. The quantitative estimate of drug-likeness (QED) is 0.597. The molecule has 0 bridgehead atoms. The van der Waals surface area contributed by atoms with Crippen molar-refractivity contribution in [2.45, 2.75) is 18.6 Å². The third-order valence-corrected chi connectivity index (χ3v) is 7.81. The monoisotopic (exact) mass is 494 g/mol. The second-order valence-corrected chi connectivity index (χ2v) is 10.4. The van der Waals surface area contributed by atoms with Crippen LogP contribution in [0.3, 0.4) is 0 Å². The molecule has 1 heterocycles. The van der Waals surface area contributed by atoms with Gasteiger partial charge in [0.1, 0.15) is 0 Å². The molecule has 1 aliphatic heterocycles. The number of sulfonamides is 1. The van der Waals surface area contributed by atoms with Gasteiger partial charge in [-0.3, -0.25) is 4.79 Å². The standard InChI is InChI=1S/C19H18Cl4N2O3S/c20-14-4-3-13(17(22)8-14)11-29(27,28)25-7-1-2-12(10-25)19(26)24-15-5-6-16(21)18(23)9-15/h3-6,8-9,12H,1-2,7,10-11H2,(H,24,26). The van der Waals surface area contributed by atoms with Gasteiger partial charge in [0.05, 0.1) is 21.7 Å². The van der Waals surface area contributed by atoms with E-state index < -0.39 is 15.9 Å². The first-order valence-electron chi connectivity index (χ1n) is 8.83. The maximum absolute atomic E-state index is 12.9. The summed E-state index contributed by atoms with van der Waals surface area (Å²) in [7, 11) is -3.64. The first-order chi connectivity index (χ1) is 13.7. The molecule has 1 fully saturated rings. The lowest BCUT2D eigenvalue weighted by atomic mass is 9.99. The molecular weight excluding hydrogens is 478 g/mol. The molecule has 1 aliphatic rings. The van der Waals surface area contributed by atoms with Gasteiger partial charge in [0.2, 0.25) is 15.9 Å². The van der Waals surface area contributed by atoms with Crippen LogP contribution >= 0.6 is 46.4 Å². The molecule has 0 radical (unpaired) electrons. The average molecular weight is 496 g/mol. The summed E-state index contributed by atoms with van der Waals surface area (Å²) in [6.45, 7) is 0.477. The Kier molecular flexibility index (Phi) is 7.36. The number of rotatable bonds is 5. The molecule has 2 aromatic rings. The van der Waals surface area contributed by atoms with Gasteiger partial charge in [0.25, 0.3) is 0 Å².